The van der Waals surface area contributed by atoms with Crippen molar-refractivity contribution in [1.82, 2.24) is 9.71 Å². The minimum absolute atomic E-state index is 0.250. The molecule has 6 nitrogen and oxygen atoms in total. The molecule has 0 bridgehead atoms. The number of nitrogens with zero attached hydrogens (tertiary/aromatic N) is 1. The molecule has 2 unspecified atom stereocenters. The Hall–Kier alpha value is -2.12. The topological polar surface area (TPSA) is 85.4 Å². The fourth-order valence-corrected chi connectivity index (χ4v) is 3.45. The van der Waals surface area contributed by atoms with Crippen LogP contribution in [0.25, 0.3) is 0 Å². The monoisotopic (exact) mass is 352 g/mol. The van der Waals surface area contributed by atoms with Gasteiger partial charge in [0.05, 0.1) is 5.02 Å². The van der Waals surface area contributed by atoms with E-state index >= 15 is 0 Å². The Morgan fingerprint density at radius 2 is 2.00 bits per heavy atom. The van der Waals surface area contributed by atoms with E-state index in [-0.39, 0.29) is 10.9 Å². The van der Waals surface area contributed by atoms with Crippen molar-refractivity contribution in [3.8, 4) is 5.75 Å². The summed E-state index contributed by atoms with van der Waals surface area (Å²) in [5.41, 5.74) is 0.870. The fraction of sp³-hybridized carbons (Fsp3) is 0.200. The van der Waals surface area contributed by atoms with Crippen LogP contribution in [0.15, 0.2) is 47.6 Å². The Morgan fingerprint density at radius 1 is 1.26 bits per heavy atom. The van der Waals surface area contributed by atoms with Gasteiger partial charge in [-0.1, -0.05) is 36.7 Å². The van der Waals surface area contributed by atoms with Crippen LogP contribution in [0.3, 0.4) is 0 Å². The molecular weight excluding hydrogens is 340 g/mol. The van der Waals surface area contributed by atoms with Crippen LogP contribution in [0.5, 0.6) is 5.75 Å². The van der Waals surface area contributed by atoms with E-state index in [1.807, 2.05) is 23.8 Å². The predicted octanol–water partition coefficient (Wildman–Crippen LogP) is 2.10. The minimum atomic E-state index is -4.07. The summed E-state index contributed by atoms with van der Waals surface area (Å²) in [6, 6.07) is 9.84. The van der Waals surface area contributed by atoms with Gasteiger partial charge in [-0.25, -0.2) is 9.71 Å². The molecule has 120 valence electrons. The highest BCUT2D eigenvalue weighted by atomic mass is 35.5. The number of carbonyl (C=O) groups excluding carboxylic acids is 1. The normalized spacial score (nSPS) is 19.7. The molecule has 1 aromatic heterocycles. The van der Waals surface area contributed by atoms with Crippen molar-refractivity contribution in [2.75, 3.05) is 0 Å². The van der Waals surface area contributed by atoms with Gasteiger partial charge in [0.2, 0.25) is 0 Å². The zero-order valence-electron chi connectivity index (χ0n) is 12.1. The van der Waals surface area contributed by atoms with Crippen LogP contribution >= 0.6 is 11.6 Å². The third-order valence-electron chi connectivity index (χ3n) is 3.59. The van der Waals surface area contributed by atoms with Crippen molar-refractivity contribution in [3.63, 3.8) is 0 Å². The maximum absolute atomic E-state index is 12.3. The highest BCUT2D eigenvalue weighted by Crippen LogP contribution is 2.37. The number of amides is 1. The molecule has 0 saturated carbocycles. The minimum Gasteiger partial charge on any atom is -0.480 e. The van der Waals surface area contributed by atoms with Gasteiger partial charge in [0.1, 0.15) is 5.75 Å². The second-order valence-electron chi connectivity index (χ2n) is 5.15. The van der Waals surface area contributed by atoms with Gasteiger partial charge in [-0.3, -0.25) is 4.79 Å². The smallest absolute Gasteiger partial charge is 0.281 e. The van der Waals surface area contributed by atoms with Crippen molar-refractivity contribution in [2.24, 2.45) is 0 Å². The van der Waals surface area contributed by atoms with Gasteiger partial charge in [-0.05, 0) is 18.2 Å². The van der Waals surface area contributed by atoms with Crippen LogP contribution < -0.4 is 9.46 Å². The maximum atomic E-state index is 12.3. The van der Waals surface area contributed by atoms with Crippen molar-refractivity contribution < 1.29 is 17.9 Å². The summed E-state index contributed by atoms with van der Waals surface area (Å²) >= 11 is 5.68. The molecule has 0 spiro atoms. The quantitative estimate of drug-likeness (QED) is 0.914. The van der Waals surface area contributed by atoms with E-state index < -0.39 is 22.0 Å². The summed E-state index contributed by atoms with van der Waals surface area (Å²) in [6.07, 6.45) is 0.292. The molecule has 23 heavy (non-hydrogen) atoms. The number of nitrogens with one attached hydrogen (secondary N) is 1. The van der Waals surface area contributed by atoms with Gasteiger partial charge in [-0.2, -0.15) is 8.42 Å². The van der Waals surface area contributed by atoms with Crippen LogP contribution in [0.2, 0.25) is 5.02 Å². The van der Waals surface area contributed by atoms with Crippen LogP contribution in [0.4, 0.5) is 0 Å². The number of rotatable bonds is 3. The summed E-state index contributed by atoms with van der Waals surface area (Å²) in [5, 5.41) is 0.0249. The molecule has 2 aromatic rings. The summed E-state index contributed by atoms with van der Waals surface area (Å²) in [5.74, 6) is -0.396. The summed E-state index contributed by atoms with van der Waals surface area (Å²) in [7, 11) is -4.07. The number of halogens is 1. The largest absolute Gasteiger partial charge is 0.480 e. The Balaban J connectivity index is 1.79. The molecule has 0 fully saturated rings. The van der Waals surface area contributed by atoms with Crippen LogP contribution in [0.1, 0.15) is 18.4 Å². The van der Waals surface area contributed by atoms with E-state index in [1.165, 1.54) is 18.3 Å². The number of sulfonamides is 1. The summed E-state index contributed by atoms with van der Waals surface area (Å²) < 4.78 is 32.0. The van der Waals surface area contributed by atoms with Crippen molar-refractivity contribution in [1.29, 1.82) is 0 Å². The molecule has 0 aliphatic carbocycles. The third kappa shape index (κ3) is 3.02. The van der Waals surface area contributed by atoms with E-state index in [9.17, 15) is 13.2 Å². The molecule has 0 radical (unpaired) electrons. The molecule has 2 atom stereocenters. The molecule has 1 amide bonds. The first kappa shape index (κ1) is 15.8. The van der Waals surface area contributed by atoms with Gasteiger partial charge in [0.15, 0.2) is 11.1 Å². The number of benzene rings is 1. The van der Waals surface area contributed by atoms with Gasteiger partial charge < -0.3 is 4.74 Å². The average Bonchev–Trinajstić information content (AvgIpc) is 2.85. The van der Waals surface area contributed by atoms with Crippen LogP contribution in [-0.4, -0.2) is 25.4 Å². The first-order valence-electron chi connectivity index (χ1n) is 6.82. The van der Waals surface area contributed by atoms with Gasteiger partial charge in [0.25, 0.3) is 15.9 Å². The number of fused-ring (bicyclic) bond motifs is 1. The van der Waals surface area contributed by atoms with Crippen LogP contribution in [0, 0.1) is 0 Å². The Kier molecular flexibility index (Phi) is 3.99. The first-order valence-corrected chi connectivity index (χ1v) is 8.68. The van der Waals surface area contributed by atoms with Crippen molar-refractivity contribution >= 4 is 27.5 Å². The molecule has 2 heterocycles. The number of aromatic nitrogens is 1. The SMILES string of the molecule is CC1c2ccccc2OC1C(=O)NS(=O)(=O)c1ccc(Cl)cn1. The summed E-state index contributed by atoms with van der Waals surface area (Å²) in [4.78, 5) is 16.0. The molecular formula is C15H13ClN2O4S. The highest BCUT2D eigenvalue weighted by Gasteiger charge is 2.38. The third-order valence-corrected chi connectivity index (χ3v) is 5.07. The number of ether oxygens (including phenoxy) is 1. The van der Waals surface area contributed by atoms with Crippen molar-refractivity contribution in [3.05, 3.63) is 53.2 Å². The standard InChI is InChI=1S/C15H13ClN2O4S/c1-9-11-4-2-3-5-12(11)22-14(9)15(19)18-23(20,21)13-7-6-10(16)8-17-13/h2-9,14H,1H3,(H,18,19). The van der Waals surface area contributed by atoms with E-state index in [4.69, 9.17) is 16.3 Å². The molecule has 0 saturated heterocycles. The lowest BCUT2D eigenvalue weighted by Crippen LogP contribution is -2.42. The number of hydrogen-bond donors (Lipinski definition) is 1. The lowest BCUT2D eigenvalue weighted by Gasteiger charge is -2.15. The first-order chi connectivity index (χ1) is 10.9. The van der Waals surface area contributed by atoms with E-state index in [0.717, 1.165) is 5.56 Å². The Bertz CT molecular complexity index is 852. The number of hydrogen-bond acceptors (Lipinski definition) is 5. The van der Waals surface area contributed by atoms with Gasteiger partial charge in [0, 0.05) is 17.7 Å². The Morgan fingerprint density at radius 3 is 2.65 bits per heavy atom. The summed E-state index contributed by atoms with van der Waals surface area (Å²) in [6.45, 7) is 1.81. The fourth-order valence-electron chi connectivity index (χ4n) is 2.41. The van der Waals surface area contributed by atoms with Crippen molar-refractivity contribution in [2.45, 2.75) is 24.0 Å². The zero-order chi connectivity index (χ0) is 16.6. The Labute approximate surface area is 138 Å². The number of para-hydroxylation sites is 1. The number of carbonyl (C=O) groups is 1. The van der Waals surface area contributed by atoms with Gasteiger partial charge in [-0.15, -0.1) is 0 Å². The molecule has 1 aromatic carbocycles. The molecule has 3 rings (SSSR count). The molecule has 8 heteroatoms. The number of pyridine rings is 1. The molecule has 1 aliphatic rings. The van der Waals surface area contributed by atoms with Gasteiger partial charge >= 0.3 is 0 Å². The molecule has 1 N–H and O–H groups in total. The lowest BCUT2D eigenvalue weighted by atomic mass is 9.97. The zero-order valence-corrected chi connectivity index (χ0v) is 13.6. The van der Waals surface area contributed by atoms with E-state index in [2.05, 4.69) is 4.98 Å². The maximum Gasteiger partial charge on any atom is 0.281 e. The second-order valence-corrected chi connectivity index (χ2v) is 7.22. The van der Waals surface area contributed by atoms with E-state index in [1.54, 1.807) is 12.1 Å². The lowest BCUT2D eigenvalue weighted by molar-refractivity contribution is -0.126. The predicted molar refractivity (Wildman–Crippen MR) is 83.8 cm³/mol. The van der Waals surface area contributed by atoms with Crippen LogP contribution in [-0.2, 0) is 14.8 Å². The van der Waals surface area contributed by atoms with E-state index in [0.29, 0.717) is 10.8 Å². The molecule has 1 aliphatic heterocycles. The highest BCUT2D eigenvalue weighted by molar-refractivity contribution is 7.90. The average molecular weight is 353 g/mol. The second kappa shape index (κ2) is 5.82.